The molecule has 0 bridgehead atoms. The molecule has 0 radical (unpaired) electrons. The molecule has 1 aliphatic rings. The van der Waals surface area contributed by atoms with E-state index in [0.717, 1.165) is 0 Å². The first-order valence-electron chi connectivity index (χ1n) is 6.90. The van der Waals surface area contributed by atoms with Crippen LogP contribution in [0, 0.1) is 23.2 Å². The van der Waals surface area contributed by atoms with Crippen LogP contribution in [0.25, 0.3) is 0 Å². The summed E-state index contributed by atoms with van der Waals surface area (Å²) in [6.07, 6.45) is 4.42. The number of carbonyl (C=O) groups is 2. The highest BCUT2D eigenvalue weighted by Gasteiger charge is 2.33. The van der Waals surface area contributed by atoms with E-state index in [1.807, 2.05) is 12.1 Å². The predicted molar refractivity (Wildman–Crippen MR) is 79.2 cm³/mol. The Bertz CT molecular complexity index is 616. The lowest BCUT2D eigenvalue weighted by Gasteiger charge is -2.24. The van der Waals surface area contributed by atoms with E-state index in [1.165, 1.54) is 0 Å². The number of hydrogen-bond donors (Lipinski definition) is 2. The van der Waals surface area contributed by atoms with Gasteiger partial charge in [-0.1, -0.05) is 12.2 Å². The van der Waals surface area contributed by atoms with Crippen molar-refractivity contribution in [3.63, 3.8) is 0 Å². The molecule has 0 unspecified atom stereocenters. The number of carboxylic acids is 1. The first kappa shape index (κ1) is 15.6. The van der Waals surface area contributed by atoms with E-state index in [1.54, 1.807) is 30.3 Å². The molecule has 0 heterocycles. The number of amides is 1. The number of aliphatic carboxylic acids is 1. The zero-order valence-corrected chi connectivity index (χ0v) is 11.9. The average molecular weight is 300 g/mol. The Balaban J connectivity index is 2.00. The largest absolute Gasteiger partial charge is 0.481 e. The first-order chi connectivity index (χ1) is 10.6. The third-order valence-electron chi connectivity index (χ3n) is 3.51. The number of rotatable bonds is 5. The third-order valence-corrected chi connectivity index (χ3v) is 3.51. The van der Waals surface area contributed by atoms with Crippen LogP contribution in [0.4, 0.5) is 5.69 Å². The fourth-order valence-electron chi connectivity index (χ4n) is 2.36. The Labute approximate surface area is 128 Å². The molecule has 0 fully saturated rings. The van der Waals surface area contributed by atoms with Gasteiger partial charge in [-0.05, 0) is 37.1 Å². The van der Waals surface area contributed by atoms with Gasteiger partial charge >= 0.3 is 5.97 Å². The number of carbonyl (C=O) groups excluding carboxylic acids is 1. The monoisotopic (exact) mass is 300 g/mol. The molecule has 1 aliphatic carbocycles. The zero-order valence-electron chi connectivity index (χ0n) is 11.9. The quantitative estimate of drug-likeness (QED) is 0.812. The van der Waals surface area contributed by atoms with Crippen LogP contribution in [0.3, 0.4) is 0 Å². The fourth-order valence-corrected chi connectivity index (χ4v) is 2.36. The van der Waals surface area contributed by atoms with E-state index in [9.17, 15) is 14.7 Å². The average Bonchev–Trinajstić information content (AvgIpc) is 2.54. The highest BCUT2D eigenvalue weighted by atomic mass is 16.5. The minimum atomic E-state index is -0.954. The Morgan fingerprint density at radius 3 is 2.45 bits per heavy atom. The van der Waals surface area contributed by atoms with Crippen molar-refractivity contribution in [2.75, 3.05) is 11.9 Å². The number of anilines is 1. The molecule has 114 valence electrons. The number of carboxylic acid groups (broad SMARTS) is 1. The standard InChI is InChI=1S/C16H16N2O4/c17-9-10-22-12-7-5-11(6-8-12)18-15(19)13-3-1-2-4-14(13)16(20)21/h1-2,5-8,13-14H,3-4,10H2,(H,18,19)(H,20,21)/t13-,14+/m1/s1. The second-order valence-electron chi connectivity index (χ2n) is 4.95. The molecule has 1 aromatic rings. The SMILES string of the molecule is N#CCOc1ccc(NC(=O)[C@@H]2CC=CC[C@@H]2C(=O)O)cc1. The minimum absolute atomic E-state index is 0.0413. The molecule has 2 atom stereocenters. The summed E-state index contributed by atoms with van der Waals surface area (Å²) in [5.74, 6) is -1.99. The van der Waals surface area contributed by atoms with Crippen LogP contribution in [0.1, 0.15) is 12.8 Å². The Morgan fingerprint density at radius 2 is 1.86 bits per heavy atom. The van der Waals surface area contributed by atoms with Gasteiger partial charge in [-0.15, -0.1) is 0 Å². The van der Waals surface area contributed by atoms with Gasteiger partial charge < -0.3 is 15.2 Å². The normalized spacial score (nSPS) is 20.0. The molecular weight excluding hydrogens is 284 g/mol. The summed E-state index contributed by atoms with van der Waals surface area (Å²) in [6, 6.07) is 8.45. The summed E-state index contributed by atoms with van der Waals surface area (Å²) >= 11 is 0. The van der Waals surface area contributed by atoms with Crippen molar-refractivity contribution in [1.29, 1.82) is 5.26 Å². The maximum absolute atomic E-state index is 12.3. The molecule has 22 heavy (non-hydrogen) atoms. The van der Waals surface area contributed by atoms with Crippen LogP contribution in [-0.2, 0) is 9.59 Å². The Morgan fingerprint density at radius 1 is 1.23 bits per heavy atom. The van der Waals surface area contributed by atoms with Crippen LogP contribution >= 0.6 is 0 Å². The van der Waals surface area contributed by atoms with Crippen LogP contribution in [0.2, 0.25) is 0 Å². The minimum Gasteiger partial charge on any atom is -0.481 e. The second kappa shape index (κ2) is 7.27. The fraction of sp³-hybridized carbons (Fsp3) is 0.312. The van der Waals surface area contributed by atoms with Gasteiger partial charge in [0.2, 0.25) is 5.91 Å². The number of ether oxygens (including phenoxy) is 1. The van der Waals surface area contributed by atoms with Crippen molar-refractivity contribution < 1.29 is 19.4 Å². The molecule has 0 aliphatic heterocycles. The second-order valence-corrected chi connectivity index (χ2v) is 4.95. The van der Waals surface area contributed by atoms with Gasteiger partial charge in [0, 0.05) is 5.69 Å². The number of nitrogens with one attached hydrogen (secondary N) is 1. The van der Waals surface area contributed by atoms with Crippen molar-refractivity contribution in [2.45, 2.75) is 12.8 Å². The Kier molecular flexibility index (Phi) is 5.15. The van der Waals surface area contributed by atoms with Gasteiger partial charge in [-0.2, -0.15) is 5.26 Å². The zero-order chi connectivity index (χ0) is 15.9. The maximum atomic E-state index is 12.3. The Hall–Kier alpha value is -2.81. The molecule has 1 aromatic carbocycles. The lowest BCUT2D eigenvalue weighted by Crippen LogP contribution is -2.34. The van der Waals surface area contributed by atoms with Crippen LogP contribution < -0.4 is 10.1 Å². The van der Waals surface area contributed by atoms with Gasteiger partial charge in [-0.25, -0.2) is 0 Å². The van der Waals surface area contributed by atoms with Crippen molar-refractivity contribution in [1.82, 2.24) is 0 Å². The lowest BCUT2D eigenvalue weighted by atomic mass is 9.82. The van der Waals surface area contributed by atoms with Crippen molar-refractivity contribution in [3.8, 4) is 11.8 Å². The lowest BCUT2D eigenvalue weighted by molar-refractivity contribution is -0.146. The smallest absolute Gasteiger partial charge is 0.307 e. The molecule has 0 spiro atoms. The van der Waals surface area contributed by atoms with Gasteiger partial charge in [-0.3, -0.25) is 9.59 Å². The topological polar surface area (TPSA) is 99.4 Å². The summed E-state index contributed by atoms with van der Waals surface area (Å²) in [5, 5.41) is 20.3. The highest BCUT2D eigenvalue weighted by Crippen LogP contribution is 2.27. The van der Waals surface area contributed by atoms with E-state index in [2.05, 4.69) is 5.32 Å². The molecule has 0 aromatic heterocycles. The van der Waals surface area contributed by atoms with Gasteiger partial charge in [0.15, 0.2) is 6.61 Å². The van der Waals surface area contributed by atoms with Gasteiger partial charge in [0.05, 0.1) is 11.8 Å². The summed E-state index contributed by atoms with van der Waals surface area (Å²) in [6.45, 7) is -0.0413. The number of allylic oxidation sites excluding steroid dienone is 2. The molecule has 0 saturated carbocycles. The van der Waals surface area contributed by atoms with Crippen molar-refractivity contribution in [3.05, 3.63) is 36.4 Å². The van der Waals surface area contributed by atoms with Gasteiger partial charge in [0.1, 0.15) is 11.8 Å². The molecule has 2 N–H and O–H groups in total. The molecule has 6 heteroatoms. The van der Waals surface area contributed by atoms with E-state index >= 15 is 0 Å². The van der Waals surface area contributed by atoms with Crippen LogP contribution in [0.5, 0.6) is 5.75 Å². The predicted octanol–water partition coefficient (Wildman–Crippen LogP) is 2.19. The first-order valence-corrected chi connectivity index (χ1v) is 6.90. The van der Waals surface area contributed by atoms with Crippen molar-refractivity contribution >= 4 is 17.6 Å². The summed E-state index contributed by atoms with van der Waals surface area (Å²) in [7, 11) is 0. The maximum Gasteiger partial charge on any atom is 0.307 e. The molecule has 0 saturated heterocycles. The van der Waals surface area contributed by atoms with E-state index in [0.29, 0.717) is 24.3 Å². The molecule has 1 amide bonds. The van der Waals surface area contributed by atoms with Gasteiger partial charge in [0.25, 0.3) is 0 Å². The summed E-state index contributed by atoms with van der Waals surface area (Å²) in [5.41, 5.74) is 0.563. The van der Waals surface area contributed by atoms with E-state index in [-0.39, 0.29) is 12.5 Å². The highest BCUT2D eigenvalue weighted by molar-refractivity contribution is 5.95. The number of nitriles is 1. The third kappa shape index (κ3) is 3.85. The van der Waals surface area contributed by atoms with Crippen molar-refractivity contribution in [2.24, 2.45) is 11.8 Å². The number of nitrogens with zero attached hydrogens (tertiary/aromatic N) is 1. The molecular formula is C16H16N2O4. The van der Waals surface area contributed by atoms with E-state index in [4.69, 9.17) is 10.00 Å². The summed E-state index contributed by atoms with van der Waals surface area (Å²) in [4.78, 5) is 23.5. The number of hydrogen-bond acceptors (Lipinski definition) is 4. The van der Waals surface area contributed by atoms with E-state index < -0.39 is 17.8 Å². The molecule has 2 rings (SSSR count). The van der Waals surface area contributed by atoms with Crippen LogP contribution in [-0.4, -0.2) is 23.6 Å². The number of benzene rings is 1. The summed E-state index contributed by atoms with van der Waals surface area (Å²) < 4.78 is 5.12. The molecule has 6 nitrogen and oxygen atoms in total. The van der Waals surface area contributed by atoms with Crippen LogP contribution in [0.15, 0.2) is 36.4 Å².